The Morgan fingerprint density at radius 1 is 1.14 bits per heavy atom. The highest BCUT2D eigenvalue weighted by Crippen LogP contribution is 2.24. The van der Waals surface area contributed by atoms with Crippen molar-refractivity contribution in [3.63, 3.8) is 0 Å². The summed E-state index contributed by atoms with van der Waals surface area (Å²) in [6.45, 7) is 6.56. The highest BCUT2D eigenvalue weighted by molar-refractivity contribution is 6.00. The molecule has 1 atom stereocenters. The van der Waals surface area contributed by atoms with Gasteiger partial charge >= 0.3 is 0 Å². The van der Waals surface area contributed by atoms with E-state index in [0.717, 1.165) is 30.8 Å². The Hall–Kier alpha value is -2.90. The molecule has 2 aliphatic rings. The molecule has 8 nitrogen and oxygen atoms in total. The number of nitrogens with two attached hydrogens (primary N) is 1. The Morgan fingerprint density at radius 3 is 2.47 bits per heavy atom. The van der Waals surface area contributed by atoms with Gasteiger partial charge in [-0.25, -0.2) is 0 Å². The fourth-order valence-electron chi connectivity index (χ4n) is 4.91. The van der Waals surface area contributed by atoms with Gasteiger partial charge in [0.05, 0.1) is 12.5 Å². The van der Waals surface area contributed by atoms with Gasteiger partial charge in [-0.1, -0.05) is 31.4 Å². The van der Waals surface area contributed by atoms with E-state index in [1.54, 1.807) is 18.7 Å². The Kier molecular flexibility index (Phi) is 9.90. The van der Waals surface area contributed by atoms with Gasteiger partial charge in [-0.2, -0.15) is 0 Å². The lowest BCUT2D eigenvalue weighted by atomic mass is 9.89. The number of hydrogen-bond acceptors (Lipinski definition) is 5. The van der Waals surface area contributed by atoms with Gasteiger partial charge in [0, 0.05) is 25.9 Å². The molecule has 8 heteroatoms. The Morgan fingerprint density at radius 2 is 1.83 bits per heavy atom. The van der Waals surface area contributed by atoms with Crippen molar-refractivity contribution in [1.29, 1.82) is 0 Å². The number of aryl methyl sites for hydroxylation is 1. The maximum Gasteiger partial charge on any atom is 0.261 e. The summed E-state index contributed by atoms with van der Waals surface area (Å²) in [5, 5.41) is 3.07. The third-order valence-electron chi connectivity index (χ3n) is 7.16. The molecule has 0 aromatic heterocycles. The fraction of sp³-hybridized carbons (Fsp3) is 0.643. The molecule has 0 bridgehead atoms. The van der Waals surface area contributed by atoms with Crippen LogP contribution in [0.3, 0.4) is 0 Å². The van der Waals surface area contributed by atoms with Gasteiger partial charge in [0.15, 0.2) is 5.60 Å². The standard InChI is InChI=1S/C28H42N4O4/c1-4-32-24(12-8-11-20-13-15-23(16-14-20)36-28(2,3)27(29)35)31-22(18-26(32)34)17-25(33)30-19-21-9-6-5-7-10-21/h13-16,21-22H,4-12,17-19H2,1-3H3,(H2,29,35)(H,30,33). The summed E-state index contributed by atoms with van der Waals surface area (Å²) in [6.07, 6.45) is 9.07. The summed E-state index contributed by atoms with van der Waals surface area (Å²) in [6, 6.07) is 7.32. The second-order valence-corrected chi connectivity index (χ2v) is 10.5. The van der Waals surface area contributed by atoms with Crippen LogP contribution in [0.2, 0.25) is 0 Å². The van der Waals surface area contributed by atoms with Crippen LogP contribution in [0.15, 0.2) is 29.3 Å². The number of ether oxygens (including phenoxy) is 1. The second-order valence-electron chi connectivity index (χ2n) is 10.5. The van der Waals surface area contributed by atoms with Gasteiger partial charge in [0.2, 0.25) is 11.8 Å². The average Bonchev–Trinajstić information content (AvgIpc) is 2.84. The lowest BCUT2D eigenvalue weighted by Gasteiger charge is -2.30. The highest BCUT2D eigenvalue weighted by Gasteiger charge is 2.29. The third-order valence-corrected chi connectivity index (χ3v) is 7.16. The van der Waals surface area contributed by atoms with Crippen molar-refractivity contribution in [2.75, 3.05) is 13.1 Å². The number of primary amides is 1. The van der Waals surface area contributed by atoms with Gasteiger partial charge in [0.25, 0.3) is 5.91 Å². The van der Waals surface area contributed by atoms with E-state index in [0.29, 0.717) is 24.6 Å². The number of carbonyl (C=O) groups is 3. The number of rotatable bonds is 12. The van der Waals surface area contributed by atoms with E-state index in [-0.39, 0.29) is 30.7 Å². The molecule has 3 N–H and O–H groups in total. The molecule has 36 heavy (non-hydrogen) atoms. The quantitative estimate of drug-likeness (QED) is 0.457. The van der Waals surface area contributed by atoms with Crippen LogP contribution in [0, 0.1) is 5.92 Å². The first kappa shape index (κ1) is 27.7. The molecule has 198 valence electrons. The minimum Gasteiger partial charge on any atom is -0.478 e. The lowest BCUT2D eigenvalue weighted by molar-refractivity contribution is -0.131. The van der Waals surface area contributed by atoms with Gasteiger partial charge in [0.1, 0.15) is 11.6 Å². The minimum absolute atomic E-state index is 0.00626. The topological polar surface area (TPSA) is 114 Å². The minimum atomic E-state index is -1.07. The number of aliphatic imine (C=N–C) groups is 1. The maximum atomic E-state index is 12.7. The van der Waals surface area contributed by atoms with Crippen LogP contribution in [0.4, 0.5) is 0 Å². The summed E-state index contributed by atoms with van der Waals surface area (Å²) in [7, 11) is 0. The molecule has 1 aliphatic heterocycles. The number of benzene rings is 1. The van der Waals surface area contributed by atoms with Crippen molar-refractivity contribution < 1.29 is 19.1 Å². The molecule has 0 radical (unpaired) electrons. The first-order valence-corrected chi connectivity index (χ1v) is 13.4. The zero-order chi connectivity index (χ0) is 26.1. The highest BCUT2D eigenvalue weighted by atomic mass is 16.5. The van der Waals surface area contributed by atoms with Gasteiger partial charge in [-0.15, -0.1) is 0 Å². The summed E-state index contributed by atoms with van der Waals surface area (Å²) in [4.78, 5) is 43.3. The van der Waals surface area contributed by atoms with Gasteiger partial charge < -0.3 is 20.7 Å². The normalized spacial score (nSPS) is 19.1. The van der Waals surface area contributed by atoms with E-state index in [1.165, 1.54) is 32.1 Å². The Balaban J connectivity index is 1.51. The predicted octanol–water partition coefficient (Wildman–Crippen LogP) is 3.76. The zero-order valence-corrected chi connectivity index (χ0v) is 22.1. The number of nitrogens with zero attached hydrogens (tertiary/aromatic N) is 2. The molecular weight excluding hydrogens is 456 g/mol. The van der Waals surface area contributed by atoms with Crippen LogP contribution in [0.25, 0.3) is 0 Å². The first-order valence-electron chi connectivity index (χ1n) is 13.4. The predicted molar refractivity (Wildman–Crippen MR) is 141 cm³/mol. The molecule has 0 spiro atoms. The molecule has 3 rings (SSSR count). The fourth-order valence-corrected chi connectivity index (χ4v) is 4.91. The van der Waals surface area contributed by atoms with Crippen LogP contribution < -0.4 is 15.8 Å². The van der Waals surface area contributed by atoms with Crippen LogP contribution in [-0.2, 0) is 20.8 Å². The average molecular weight is 499 g/mol. The van der Waals surface area contributed by atoms with Crippen molar-refractivity contribution in [3.8, 4) is 5.75 Å². The summed E-state index contributed by atoms with van der Waals surface area (Å²) < 4.78 is 5.68. The van der Waals surface area contributed by atoms with Crippen LogP contribution >= 0.6 is 0 Å². The van der Waals surface area contributed by atoms with E-state index in [9.17, 15) is 14.4 Å². The van der Waals surface area contributed by atoms with E-state index >= 15 is 0 Å². The molecule has 1 unspecified atom stereocenters. The molecular formula is C28H42N4O4. The number of carbonyl (C=O) groups excluding carboxylic acids is 3. The summed E-state index contributed by atoms with van der Waals surface area (Å²) >= 11 is 0. The summed E-state index contributed by atoms with van der Waals surface area (Å²) in [5.74, 6) is 1.48. The molecule has 1 aliphatic carbocycles. The maximum absolute atomic E-state index is 12.7. The van der Waals surface area contributed by atoms with Crippen molar-refractivity contribution >= 4 is 23.6 Å². The van der Waals surface area contributed by atoms with Gasteiger partial charge in [-0.05, 0) is 70.1 Å². The van der Waals surface area contributed by atoms with Crippen LogP contribution in [0.5, 0.6) is 5.75 Å². The smallest absolute Gasteiger partial charge is 0.261 e. The van der Waals surface area contributed by atoms with E-state index in [1.807, 2.05) is 31.2 Å². The molecule has 1 aromatic carbocycles. The zero-order valence-electron chi connectivity index (χ0n) is 22.1. The van der Waals surface area contributed by atoms with Crippen molar-refractivity contribution in [2.45, 2.75) is 96.6 Å². The SMILES string of the molecule is CCN1C(=O)CC(CC(=O)NCC2CCCCC2)N=C1CCCc1ccc(OC(C)(C)C(N)=O)cc1. The lowest BCUT2D eigenvalue weighted by Crippen LogP contribution is -2.44. The molecule has 1 saturated carbocycles. The van der Waals surface area contributed by atoms with Crippen molar-refractivity contribution in [1.82, 2.24) is 10.2 Å². The number of hydrogen-bond donors (Lipinski definition) is 2. The third kappa shape index (κ3) is 8.07. The van der Waals surface area contributed by atoms with E-state index in [2.05, 4.69) is 5.32 Å². The van der Waals surface area contributed by atoms with E-state index < -0.39 is 11.5 Å². The number of nitrogens with one attached hydrogen (secondary N) is 1. The Labute approximate surface area is 215 Å². The molecule has 0 saturated heterocycles. The Bertz CT molecular complexity index is 935. The van der Waals surface area contributed by atoms with Crippen molar-refractivity contribution in [2.24, 2.45) is 16.6 Å². The van der Waals surface area contributed by atoms with Crippen molar-refractivity contribution in [3.05, 3.63) is 29.8 Å². The summed E-state index contributed by atoms with van der Waals surface area (Å²) in [5.41, 5.74) is 5.43. The number of amides is 3. The largest absolute Gasteiger partial charge is 0.478 e. The monoisotopic (exact) mass is 498 g/mol. The molecule has 1 heterocycles. The molecule has 1 fully saturated rings. The molecule has 3 amide bonds. The van der Waals surface area contributed by atoms with Crippen LogP contribution in [-0.4, -0.2) is 53.2 Å². The van der Waals surface area contributed by atoms with Gasteiger partial charge in [-0.3, -0.25) is 19.4 Å². The molecule has 1 aromatic rings. The second kappa shape index (κ2) is 12.9. The van der Waals surface area contributed by atoms with E-state index in [4.69, 9.17) is 15.5 Å². The van der Waals surface area contributed by atoms with Crippen LogP contribution in [0.1, 0.15) is 84.1 Å². The number of amidine groups is 1. The first-order chi connectivity index (χ1) is 17.2.